The lowest BCUT2D eigenvalue weighted by atomic mass is 10.1. The smallest absolute Gasteiger partial charge is 0.253 e. The summed E-state index contributed by atoms with van der Waals surface area (Å²) in [5, 5.41) is 4.03. The molecular formula is C14H17Cl2NO. The molecule has 1 aromatic carbocycles. The SMILES string of the molecule is O=C(NC1CCCCCC1)c1ccc(Cl)cc1Cl. The molecule has 0 unspecified atom stereocenters. The molecule has 18 heavy (non-hydrogen) atoms. The monoisotopic (exact) mass is 285 g/mol. The molecule has 1 N–H and O–H groups in total. The van der Waals surface area contributed by atoms with Gasteiger partial charge in [-0.1, -0.05) is 48.9 Å². The Kier molecular flexibility index (Phi) is 4.90. The van der Waals surface area contributed by atoms with Crippen molar-refractivity contribution in [1.29, 1.82) is 0 Å². The van der Waals surface area contributed by atoms with Gasteiger partial charge >= 0.3 is 0 Å². The maximum absolute atomic E-state index is 12.1. The van der Waals surface area contributed by atoms with E-state index in [1.165, 1.54) is 25.7 Å². The fraction of sp³-hybridized carbons (Fsp3) is 0.500. The molecule has 0 aromatic heterocycles. The summed E-state index contributed by atoms with van der Waals surface area (Å²) >= 11 is 11.8. The van der Waals surface area contributed by atoms with Gasteiger partial charge in [-0.3, -0.25) is 4.79 Å². The van der Waals surface area contributed by atoms with E-state index in [0.717, 1.165) is 12.8 Å². The standard InChI is InChI=1S/C14H17Cl2NO/c15-10-7-8-12(13(16)9-10)14(18)17-11-5-3-1-2-4-6-11/h7-9,11H,1-6H2,(H,17,18). The molecule has 1 saturated carbocycles. The molecular weight excluding hydrogens is 269 g/mol. The van der Waals surface area contributed by atoms with Crippen LogP contribution in [0, 0.1) is 0 Å². The lowest BCUT2D eigenvalue weighted by Crippen LogP contribution is -2.34. The van der Waals surface area contributed by atoms with Crippen molar-refractivity contribution in [2.75, 3.05) is 0 Å². The predicted molar refractivity (Wildman–Crippen MR) is 75.4 cm³/mol. The Hall–Kier alpha value is -0.730. The fourth-order valence-electron chi connectivity index (χ4n) is 2.36. The Labute approximate surface area is 118 Å². The molecule has 0 bridgehead atoms. The third kappa shape index (κ3) is 3.63. The summed E-state index contributed by atoms with van der Waals surface area (Å²) in [6.45, 7) is 0. The normalized spacial score (nSPS) is 17.2. The van der Waals surface area contributed by atoms with E-state index >= 15 is 0 Å². The van der Waals surface area contributed by atoms with E-state index < -0.39 is 0 Å². The Morgan fingerprint density at radius 3 is 2.39 bits per heavy atom. The van der Waals surface area contributed by atoms with E-state index in [-0.39, 0.29) is 11.9 Å². The summed E-state index contributed by atoms with van der Waals surface area (Å²) in [7, 11) is 0. The summed E-state index contributed by atoms with van der Waals surface area (Å²) in [5.41, 5.74) is 0.505. The number of halogens is 2. The predicted octanol–water partition coefficient (Wildman–Crippen LogP) is 4.45. The highest BCUT2D eigenvalue weighted by Crippen LogP contribution is 2.22. The number of carbonyl (C=O) groups is 1. The number of hydrogen-bond donors (Lipinski definition) is 1. The summed E-state index contributed by atoms with van der Waals surface area (Å²) in [6.07, 6.45) is 7.06. The first-order chi connectivity index (χ1) is 8.66. The minimum atomic E-state index is -0.0939. The second-order valence-corrected chi connectivity index (χ2v) is 5.63. The van der Waals surface area contributed by atoms with Crippen molar-refractivity contribution < 1.29 is 4.79 Å². The van der Waals surface area contributed by atoms with E-state index in [1.807, 2.05) is 0 Å². The van der Waals surface area contributed by atoms with Gasteiger partial charge in [0.05, 0.1) is 10.6 Å². The van der Waals surface area contributed by atoms with E-state index in [0.29, 0.717) is 15.6 Å². The molecule has 0 aliphatic heterocycles. The van der Waals surface area contributed by atoms with Crippen LogP contribution >= 0.6 is 23.2 Å². The van der Waals surface area contributed by atoms with Gasteiger partial charge in [-0.25, -0.2) is 0 Å². The second kappa shape index (κ2) is 6.44. The van der Waals surface area contributed by atoms with Crippen LogP contribution in [0.1, 0.15) is 48.9 Å². The van der Waals surface area contributed by atoms with Crippen LogP contribution in [0.4, 0.5) is 0 Å². The van der Waals surface area contributed by atoms with Crippen molar-refractivity contribution in [1.82, 2.24) is 5.32 Å². The zero-order chi connectivity index (χ0) is 13.0. The van der Waals surface area contributed by atoms with Gasteiger partial charge in [0.1, 0.15) is 0 Å². The third-order valence-electron chi connectivity index (χ3n) is 3.37. The summed E-state index contributed by atoms with van der Waals surface area (Å²) in [6, 6.07) is 5.25. The lowest BCUT2D eigenvalue weighted by Gasteiger charge is -2.16. The summed E-state index contributed by atoms with van der Waals surface area (Å²) in [5.74, 6) is -0.0939. The van der Waals surface area contributed by atoms with Gasteiger partial charge in [0, 0.05) is 11.1 Å². The van der Waals surface area contributed by atoms with E-state index in [2.05, 4.69) is 5.32 Å². The van der Waals surface area contributed by atoms with Crippen molar-refractivity contribution in [2.24, 2.45) is 0 Å². The molecule has 0 radical (unpaired) electrons. The minimum Gasteiger partial charge on any atom is -0.349 e. The van der Waals surface area contributed by atoms with Gasteiger partial charge in [-0.2, -0.15) is 0 Å². The minimum absolute atomic E-state index is 0.0939. The molecule has 1 fully saturated rings. The first kappa shape index (κ1) is 13.7. The first-order valence-corrected chi connectivity index (χ1v) is 7.18. The average molecular weight is 286 g/mol. The zero-order valence-electron chi connectivity index (χ0n) is 10.2. The molecule has 0 heterocycles. The molecule has 0 spiro atoms. The number of nitrogens with one attached hydrogen (secondary N) is 1. The summed E-state index contributed by atoms with van der Waals surface area (Å²) < 4.78 is 0. The van der Waals surface area contributed by atoms with Gasteiger partial charge in [0.25, 0.3) is 5.91 Å². The molecule has 4 heteroatoms. The van der Waals surface area contributed by atoms with Crippen LogP contribution in [0.5, 0.6) is 0 Å². The number of amides is 1. The summed E-state index contributed by atoms with van der Waals surface area (Å²) in [4.78, 5) is 12.1. The topological polar surface area (TPSA) is 29.1 Å². The van der Waals surface area contributed by atoms with Crippen LogP contribution in [0.2, 0.25) is 10.0 Å². The van der Waals surface area contributed by atoms with Crippen molar-refractivity contribution >= 4 is 29.1 Å². The average Bonchev–Trinajstić information content (AvgIpc) is 2.57. The maximum atomic E-state index is 12.1. The van der Waals surface area contributed by atoms with Crippen molar-refractivity contribution in [3.8, 4) is 0 Å². The van der Waals surface area contributed by atoms with Gasteiger partial charge in [-0.15, -0.1) is 0 Å². The van der Waals surface area contributed by atoms with Gasteiger partial charge in [0.2, 0.25) is 0 Å². The number of rotatable bonds is 2. The fourth-order valence-corrected chi connectivity index (χ4v) is 2.85. The van der Waals surface area contributed by atoms with E-state index in [4.69, 9.17) is 23.2 Å². The molecule has 1 aromatic rings. The number of benzene rings is 1. The highest BCUT2D eigenvalue weighted by atomic mass is 35.5. The van der Waals surface area contributed by atoms with Crippen molar-refractivity contribution in [2.45, 2.75) is 44.6 Å². The molecule has 0 saturated heterocycles. The van der Waals surface area contributed by atoms with Gasteiger partial charge < -0.3 is 5.32 Å². The molecule has 0 atom stereocenters. The Morgan fingerprint density at radius 1 is 1.11 bits per heavy atom. The van der Waals surface area contributed by atoms with Crippen LogP contribution in [0.25, 0.3) is 0 Å². The number of carbonyl (C=O) groups excluding carboxylic acids is 1. The Bertz CT molecular complexity index is 426. The van der Waals surface area contributed by atoms with Crippen molar-refractivity contribution in [3.05, 3.63) is 33.8 Å². The lowest BCUT2D eigenvalue weighted by molar-refractivity contribution is 0.0933. The first-order valence-electron chi connectivity index (χ1n) is 6.43. The van der Waals surface area contributed by atoms with Gasteiger partial charge in [0.15, 0.2) is 0 Å². The Morgan fingerprint density at radius 2 is 1.78 bits per heavy atom. The van der Waals surface area contributed by atoms with E-state index in [9.17, 15) is 4.79 Å². The van der Waals surface area contributed by atoms with Crippen molar-refractivity contribution in [3.63, 3.8) is 0 Å². The van der Waals surface area contributed by atoms with Crippen LogP contribution in [0.3, 0.4) is 0 Å². The molecule has 2 nitrogen and oxygen atoms in total. The molecule has 1 aliphatic rings. The second-order valence-electron chi connectivity index (χ2n) is 4.79. The molecule has 98 valence electrons. The molecule has 1 aliphatic carbocycles. The molecule has 2 rings (SSSR count). The largest absolute Gasteiger partial charge is 0.349 e. The quantitative estimate of drug-likeness (QED) is 0.800. The van der Waals surface area contributed by atoms with Crippen LogP contribution < -0.4 is 5.32 Å². The van der Waals surface area contributed by atoms with Crippen LogP contribution in [-0.2, 0) is 0 Å². The zero-order valence-corrected chi connectivity index (χ0v) is 11.7. The van der Waals surface area contributed by atoms with Gasteiger partial charge in [-0.05, 0) is 31.0 Å². The third-order valence-corrected chi connectivity index (χ3v) is 3.91. The number of hydrogen-bond acceptors (Lipinski definition) is 1. The highest BCUT2D eigenvalue weighted by molar-refractivity contribution is 6.36. The molecule has 1 amide bonds. The highest BCUT2D eigenvalue weighted by Gasteiger charge is 2.17. The van der Waals surface area contributed by atoms with Crippen LogP contribution in [-0.4, -0.2) is 11.9 Å². The van der Waals surface area contributed by atoms with Crippen LogP contribution in [0.15, 0.2) is 18.2 Å². The maximum Gasteiger partial charge on any atom is 0.253 e. The Balaban J connectivity index is 2.02. The van der Waals surface area contributed by atoms with E-state index in [1.54, 1.807) is 18.2 Å².